The van der Waals surface area contributed by atoms with Crippen molar-refractivity contribution < 1.29 is 9.47 Å². The van der Waals surface area contributed by atoms with E-state index in [4.69, 9.17) is 15.2 Å². The lowest BCUT2D eigenvalue weighted by atomic mass is 9.93. The van der Waals surface area contributed by atoms with Gasteiger partial charge in [0.1, 0.15) is 6.10 Å². The van der Waals surface area contributed by atoms with Crippen molar-refractivity contribution in [1.82, 2.24) is 10.2 Å². The van der Waals surface area contributed by atoms with Crippen LogP contribution in [0.15, 0.2) is 18.3 Å². The molecule has 1 heterocycles. The summed E-state index contributed by atoms with van der Waals surface area (Å²) in [7, 11) is 0. The molecule has 0 radical (unpaired) electrons. The van der Waals surface area contributed by atoms with E-state index in [1.54, 1.807) is 6.20 Å². The number of rotatable bonds is 4. The van der Waals surface area contributed by atoms with Gasteiger partial charge in [0.15, 0.2) is 11.5 Å². The summed E-state index contributed by atoms with van der Waals surface area (Å²) in [5.74, 6) is 1.56. The highest BCUT2D eigenvalue weighted by Gasteiger charge is 2.23. The third-order valence-corrected chi connectivity index (χ3v) is 3.85. The van der Waals surface area contributed by atoms with Crippen LogP contribution in [0.4, 0.5) is 0 Å². The van der Waals surface area contributed by atoms with E-state index in [0.717, 1.165) is 48.1 Å². The molecular weight excluding hydrogens is 266 g/mol. The van der Waals surface area contributed by atoms with Gasteiger partial charge in [-0.25, -0.2) is 0 Å². The summed E-state index contributed by atoms with van der Waals surface area (Å²) in [5, 5.41) is 8.01. The number of H-pyrrole nitrogens is 1. The van der Waals surface area contributed by atoms with Crippen LogP contribution in [0.25, 0.3) is 10.9 Å². The topological polar surface area (TPSA) is 73.2 Å². The van der Waals surface area contributed by atoms with E-state index < -0.39 is 0 Å². The van der Waals surface area contributed by atoms with Gasteiger partial charge >= 0.3 is 0 Å². The highest BCUT2D eigenvalue weighted by Crippen LogP contribution is 2.37. The fraction of sp³-hybridized carbons (Fsp3) is 0.562. The fourth-order valence-corrected chi connectivity index (χ4v) is 2.89. The molecule has 1 aliphatic carbocycles. The average molecular weight is 289 g/mol. The van der Waals surface area contributed by atoms with Crippen LogP contribution >= 0.6 is 0 Å². The Balaban J connectivity index is 1.89. The van der Waals surface area contributed by atoms with E-state index in [2.05, 4.69) is 10.2 Å². The van der Waals surface area contributed by atoms with Crippen molar-refractivity contribution in [1.29, 1.82) is 0 Å². The van der Waals surface area contributed by atoms with Crippen LogP contribution in [-0.4, -0.2) is 28.4 Å². The Hall–Kier alpha value is -1.75. The Bertz CT molecular complexity index is 609. The molecule has 0 bridgehead atoms. The quantitative estimate of drug-likeness (QED) is 0.907. The maximum Gasteiger partial charge on any atom is 0.172 e. The molecule has 21 heavy (non-hydrogen) atoms. The van der Waals surface area contributed by atoms with Crippen molar-refractivity contribution in [2.75, 3.05) is 0 Å². The van der Waals surface area contributed by atoms with Crippen LogP contribution in [0.2, 0.25) is 0 Å². The molecule has 1 saturated carbocycles. The highest BCUT2D eigenvalue weighted by molar-refractivity contribution is 5.87. The largest absolute Gasteiger partial charge is 0.486 e. The minimum absolute atomic E-state index is 0.0847. The standard InChI is InChI=1S/C16H23N3O2/c1-10(2)20-16-13-9-18-19-14(13)6-7-15(16)21-12-5-3-4-11(17)8-12/h6-7,9-12H,3-5,8,17H2,1-2H3,(H,18,19)/t11-,12+/m1/s1. The maximum atomic E-state index is 6.19. The lowest BCUT2D eigenvalue weighted by molar-refractivity contribution is 0.134. The number of hydrogen-bond acceptors (Lipinski definition) is 4. The van der Waals surface area contributed by atoms with Gasteiger partial charge in [0, 0.05) is 6.04 Å². The van der Waals surface area contributed by atoms with E-state index in [-0.39, 0.29) is 18.2 Å². The Morgan fingerprint density at radius 2 is 2.19 bits per heavy atom. The lowest BCUT2D eigenvalue weighted by Crippen LogP contribution is -2.33. The lowest BCUT2D eigenvalue weighted by Gasteiger charge is -2.28. The number of nitrogens with zero attached hydrogens (tertiary/aromatic N) is 1. The van der Waals surface area contributed by atoms with Gasteiger partial charge in [0.2, 0.25) is 0 Å². The van der Waals surface area contributed by atoms with Crippen molar-refractivity contribution in [3.63, 3.8) is 0 Å². The SMILES string of the molecule is CC(C)Oc1c(O[C@H]2CCC[C@@H](N)C2)ccc2[nH]ncc12. The number of fused-ring (bicyclic) bond motifs is 1. The van der Waals surface area contributed by atoms with Crippen molar-refractivity contribution >= 4 is 10.9 Å². The molecule has 5 nitrogen and oxygen atoms in total. The predicted molar refractivity (Wildman–Crippen MR) is 82.7 cm³/mol. The molecule has 0 amide bonds. The summed E-state index contributed by atoms with van der Waals surface area (Å²) >= 11 is 0. The predicted octanol–water partition coefficient (Wildman–Crippen LogP) is 3.00. The summed E-state index contributed by atoms with van der Waals surface area (Å²) in [6.45, 7) is 4.03. The van der Waals surface area contributed by atoms with Crippen molar-refractivity contribution in [2.24, 2.45) is 5.73 Å². The van der Waals surface area contributed by atoms with Gasteiger partial charge in [0.05, 0.1) is 23.2 Å². The first-order valence-electron chi connectivity index (χ1n) is 7.68. The van der Waals surface area contributed by atoms with Crippen LogP contribution in [0.1, 0.15) is 39.5 Å². The molecule has 1 aromatic heterocycles. The monoisotopic (exact) mass is 289 g/mol. The molecule has 0 spiro atoms. The zero-order valence-corrected chi connectivity index (χ0v) is 12.6. The molecule has 0 saturated heterocycles. The maximum absolute atomic E-state index is 6.19. The minimum Gasteiger partial charge on any atom is -0.486 e. The summed E-state index contributed by atoms with van der Waals surface area (Å²) in [4.78, 5) is 0. The first-order chi connectivity index (χ1) is 10.1. The summed E-state index contributed by atoms with van der Waals surface area (Å²) in [6, 6.07) is 4.18. The molecule has 1 aliphatic rings. The number of aromatic nitrogens is 2. The number of benzene rings is 1. The van der Waals surface area contributed by atoms with Gasteiger partial charge in [-0.2, -0.15) is 5.10 Å². The van der Waals surface area contributed by atoms with Crippen LogP contribution in [0.5, 0.6) is 11.5 Å². The number of nitrogens with one attached hydrogen (secondary N) is 1. The first-order valence-corrected chi connectivity index (χ1v) is 7.68. The van der Waals surface area contributed by atoms with Gasteiger partial charge in [-0.3, -0.25) is 5.10 Å². The molecule has 1 fully saturated rings. The number of ether oxygens (including phenoxy) is 2. The first kappa shape index (κ1) is 14.2. The molecule has 2 atom stereocenters. The highest BCUT2D eigenvalue weighted by atomic mass is 16.5. The number of hydrogen-bond donors (Lipinski definition) is 2. The van der Waals surface area contributed by atoms with Crippen LogP contribution in [-0.2, 0) is 0 Å². The molecular formula is C16H23N3O2. The van der Waals surface area contributed by atoms with Crippen LogP contribution in [0, 0.1) is 0 Å². The minimum atomic E-state index is 0.0847. The second kappa shape index (κ2) is 5.93. The number of aromatic amines is 1. The Morgan fingerprint density at radius 1 is 1.33 bits per heavy atom. The Morgan fingerprint density at radius 3 is 2.95 bits per heavy atom. The van der Waals surface area contributed by atoms with Crippen molar-refractivity contribution in [2.45, 2.75) is 57.8 Å². The normalized spacial score (nSPS) is 22.7. The van der Waals surface area contributed by atoms with Crippen molar-refractivity contribution in [3.8, 4) is 11.5 Å². The van der Waals surface area contributed by atoms with E-state index in [0.29, 0.717) is 0 Å². The van der Waals surface area contributed by atoms with E-state index >= 15 is 0 Å². The van der Waals surface area contributed by atoms with Gasteiger partial charge in [-0.05, 0) is 51.7 Å². The number of nitrogens with two attached hydrogens (primary N) is 1. The molecule has 0 aliphatic heterocycles. The molecule has 3 N–H and O–H groups in total. The second-order valence-electron chi connectivity index (χ2n) is 6.06. The van der Waals surface area contributed by atoms with Crippen LogP contribution in [0.3, 0.4) is 0 Å². The molecule has 5 heteroatoms. The molecule has 0 unspecified atom stereocenters. The van der Waals surface area contributed by atoms with E-state index in [9.17, 15) is 0 Å². The van der Waals surface area contributed by atoms with Gasteiger partial charge in [-0.15, -0.1) is 0 Å². The smallest absolute Gasteiger partial charge is 0.172 e. The fourth-order valence-electron chi connectivity index (χ4n) is 2.89. The summed E-state index contributed by atoms with van der Waals surface area (Å²) < 4.78 is 12.2. The van der Waals surface area contributed by atoms with Gasteiger partial charge < -0.3 is 15.2 Å². The molecule has 1 aromatic carbocycles. The summed E-state index contributed by atoms with van der Waals surface area (Å²) in [6.07, 6.45) is 6.22. The molecule has 3 rings (SSSR count). The zero-order valence-electron chi connectivity index (χ0n) is 12.6. The molecule has 114 valence electrons. The van der Waals surface area contributed by atoms with E-state index in [1.807, 2.05) is 26.0 Å². The summed E-state index contributed by atoms with van der Waals surface area (Å²) in [5.41, 5.74) is 7.00. The van der Waals surface area contributed by atoms with Crippen LogP contribution < -0.4 is 15.2 Å². The average Bonchev–Trinajstić information content (AvgIpc) is 2.90. The van der Waals surface area contributed by atoms with Crippen molar-refractivity contribution in [3.05, 3.63) is 18.3 Å². The Kier molecular flexibility index (Phi) is 4.01. The van der Waals surface area contributed by atoms with E-state index in [1.165, 1.54) is 0 Å². The third-order valence-electron chi connectivity index (χ3n) is 3.85. The Labute approximate surface area is 124 Å². The van der Waals surface area contributed by atoms with Gasteiger partial charge in [-0.1, -0.05) is 0 Å². The van der Waals surface area contributed by atoms with Gasteiger partial charge in [0.25, 0.3) is 0 Å². The second-order valence-corrected chi connectivity index (χ2v) is 6.06. The third kappa shape index (κ3) is 3.13. The molecule has 2 aromatic rings. The zero-order chi connectivity index (χ0) is 14.8.